The maximum atomic E-state index is 12.6. The Bertz CT molecular complexity index is 1850. The Morgan fingerprint density at radius 3 is 1.35 bits per heavy atom. The van der Waals surface area contributed by atoms with Crippen LogP contribution in [0.4, 0.5) is 0 Å². The van der Waals surface area contributed by atoms with Gasteiger partial charge < -0.3 is 150 Å². The minimum absolute atomic E-state index is 0.720. The quantitative estimate of drug-likeness (QED) is 0.0606. The van der Waals surface area contributed by atoms with Crippen LogP contribution in [0.3, 0.4) is 0 Å². The van der Waals surface area contributed by atoms with Gasteiger partial charge >= 0.3 is 0 Å². The monoisotopic (exact) mass is 1100 g/mol. The van der Waals surface area contributed by atoms with Gasteiger partial charge in [0.25, 0.3) is 0 Å². The average Bonchev–Trinajstić information content (AvgIpc) is 3.36. The van der Waals surface area contributed by atoms with E-state index in [1.165, 1.54) is 6.92 Å². The number of nitrogens with one attached hydrogen (secondary N) is 3. The van der Waals surface area contributed by atoms with E-state index in [0.29, 0.717) is 0 Å². The summed E-state index contributed by atoms with van der Waals surface area (Å²) in [5.41, 5.74) is 0. The smallest absolute Gasteiger partial charge is 0.217 e. The molecule has 0 aliphatic carbocycles. The van der Waals surface area contributed by atoms with Crippen molar-refractivity contribution in [1.29, 1.82) is 0 Å². The summed E-state index contributed by atoms with van der Waals surface area (Å²) in [5.74, 6) is -2.31. The molecule has 0 radical (unpaired) electrons. The predicted molar refractivity (Wildman–Crippen MR) is 233 cm³/mol. The van der Waals surface area contributed by atoms with E-state index in [1.807, 2.05) is 0 Å². The molecule has 6 saturated heterocycles. The number of aliphatic hydroxyl groups is 16. The Morgan fingerprint density at radius 2 is 0.787 bits per heavy atom. The molecule has 6 aliphatic rings. The van der Waals surface area contributed by atoms with Gasteiger partial charge in [-0.1, -0.05) is 0 Å². The first-order valence-corrected chi connectivity index (χ1v) is 23.9. The van der Waals surface area contributed by atoms with Crippen LogP contribution in [0.2, 0.25) is 0 Å². The van der Waals surface area contributed by atoms with Gasteiger partial charge in [-0.05, 0) is 6.92 Å². The van der Waals surface area contributed by atoms with Crippen molar-refractivity contribution in [2.75, 3.05) is 33.0 Å². The molecule has 6 fully saturated rings. The van der Waals surface area contributed by atoms with Crippen molar-refractivity contribution in [2.24, 2.45) is 0 Å². The summed E-state index contributed by atoms with van der Waals surface area (Å²) in [6, 6.07) is -4.87. The average molecular weight is 1100 g/mol. The molecule has 6 heterocycles. The molecule has 0 spiro atoms. The van der Waals surface area contributed by atoms with Gasteiger partial charge in [-0.2, -0.15) is 0 Å². The summed E-state index contributed by atoms with van der Waals surface area (Å²) in [7, 11) is 0. The Hall–Kier alpha value is -2.67. The third-order valence-corrected chi connectivity index (χ3v) is 13.6. The fourth-order valence-corrected chi connectivity index (χ4v) is 9.55. The van der Waals surface area contributed by atoms with Gasteiger partial charge in [0.1, 0.15) is 140 Å². The maximum absolute atomic E-state index is 12.6. The lowest BCUT2D eigenvalue weighted by atomic mass is 9.94. The number of hydrogen-bond donors (Lipinski definition) is 19. The molecular formula is C42H71N3O30. The highest BCUT2D eigenvalue weighted by Crippen LogP contribution is 2.36. The first kappa shape index (κ1) is 61.5. The Balaban J connectivity index is 1.18. The molecule has 33 heteroatoms. The van der Waals surface area contributed by atoms with Crippen molar-refractivity contribution in [1.82, 2.24) is 16.0 Å². The number of carbonyl (C=O) groups is 3. The normalized spacial score (nSPS) is 48.6. The highest BCUT2D eigenvalue weighted by Gasteiger charge is 2.57. The summed E-state index contributed by atoms with van der Waals surface area (Å²) >= 11 is 0. The fourth-order valence-electron chi connectivity index (χ4n) is 9.55. The van der Waals surface area contributed by atoms with Crippen LogP contribution in [0.5, 0.6) is 0 Å². The lowest BCUT2D eigenvalue weighted by Gasteiger charge is -2.49. The van der Waals surface area contributed by atoms with Crippen LogP contribution in [0.25, 0.3) is 0 Å². The first-order valence-electron chi connectivity index (χ1n) is 23.9. The van der Waals surface area contributed by atoms with Gasteiger partial charge in [-0.15, -0.1) is 0 Å². The first-order chi connectivity index (χ1) is 35.4. The van der Waals surface area contributed by atoms with Gasteiger partial charge in [0, 0.05) is 20.8 Å². The second-order valence-corrected chi connectivity index (χ2v) is 19.0. The van der Waals surface area contributed by atoms with Gasteiger partial charge in [-0.25, -0.2) is 0 Å². The second-order valence-electron chi connectivity index (χ2n) is 19.0. The van der Waals surface area contributed by atoms with Crippen LogP contribution < -0.4 is 16.0 Å². The molecule has 3 amide bonds. The number of amides is 3. The van der Waals surface area contributed by atoms with Gasteiger partial charge in [0.2, 0.25) is 17.7 Å². The van der Waals surface area contributed by atoms with Crippen molar-refractivity contribution < 1.29 is 148 Å². The van der Waals surface area contributed by atoms with E-state index in [1.54, 1.807) is 0 Å². The zero-order valence-electron chi connectivity index (χ0n) is 40.7. The standard InChI is InChI=1S/C42H71N3O30/c1-10-22(53)28(59)31(62)40(66-10)75-36-29(60)24(55)15(6-47)69-42(36)73-33-16(7-48)70-38(20(27(33)58)44-12(3)51)65-9-18-25(56)35(21(37(64)67-18)45-13(4)52)74-41-32(63)30(61)34(17(8-49)71-41)72-39-19(43-11(2)50)26(57)23(54)14(5-46)68-39/h10,14-42,46-49,53-64H,5-9H2,1-4H3,(H,43,50)(H,44,51)(H,45,52)/t10-,14+,15+,16+,17+,18+,19+,20+,21+,22+,23+,24-,25-,26+,27+,28+,29-,30+,31-,32+,33+,34-,35+,36+,37?,38+,39-,40-,41-,42-/m0/s1. The van der Waals surface area contributed by atoms with Gasteiger partial charge in [0.05, 0.1) is 39.1 Å². The number of hydrogen-bond acceptors (Lipinski definition) is 30. The van der Waals surface area contributed by atoms with Crippen LogP contribution in [0, 0.1) is 0 Å². The number of ether oxygens (including phenoxy) is 11. The molecule has 33 nitrogen and oxygen atoms in total. The largest absolute Gasteiger partial charge is 0.394 e. The van der Waals surface area contributed by atoms with Crippen molar-refractivity contribution in [3.63, 3.8) is 0 Å². The maximum Gasteiger partial charge on any atom is 0.217 e. The summed E-state index contributed by atoms with van der Waals surface area (Å²) in [5, 5.41) is 179. The number of rotatable bonds is 18. The fraction of sp³-hybridized carbons (Fsp3) is 0.929. The second kappa shape index (κ2) is 26.5. The van der Waals surface area contributed by atoms with Crippen molar-refractivity contribution in [3.8, 4) is 0 Å². The summed E-state index contributed by atoms with van der Waals surface area (Å²) in [6.07, 6.45) is -48.7. The van der Waals surface area contributed by atoms with Crippen LogP contribution in [-0.2, 0) is 66.5 Å². The topological polar surface area (TPSA) is 513 Å². The lowest BCUT2D eigenvalue weighted by molar-refractivity contribution is -0.384. The summed E-state index contributed by atoms with van der Waals surface area (Å²) < 4.78 is 63.3. The van der Waals surface area contributed by atoms with E-state index in [9.17, 15) is 96.1 Å². The SMILES string of the molecule is CC(=O)N[C@H]1[C@H](OC[C@H]2OC(O)[C@H](NC(C)=O)[C@@H](O[C@@H]3O[C@H](CO)[C@H](O[C@@H]4O[C@H](CO)[C@@H](O)[C@H](O)[C@H]4NC(C)=O)[C@H](O)[C@H]3O)[C@H]2O)O[C@H](CO)[C@@H](O[C@@H]2O[C@H](CO)[C@H](O)[C@H](O)[C@H]2O[C@@H]2O[C@@H](C)[C@@H](O)[C@@H](O)[C@@H]2O)[C@@H]1O. The molecular weight excluding hydrogens is 1030 g/mol. The van der Waals surface area contributed by atoms with Crippen molar-refractivity contribution in [2.45, 2.75) is 212 Å². The molecule has 6 rings (SSSR count). The molecule has 434 valence electrons. The van der Waals surface area contributed by atoms with E-state index >= 15 is 0 Å². The Kier molecular flexibility index (Phi) is 21.8. The molecule has 6 aliphatic heterocycles. The van der Waals surface area contributed by atoms with Crippen LogP contribution >= 0.6 is 0 Å². The van der Waals surface area contributed by atoms with Crippen LogP contribution in [0.15, 0.2) is 0 Å². The van der Waals surface area contributed by atoms with Crippen molar-refractivity contribution in [3.05, 3.63) is 0 Å². The zero-order chi connectivity index (χ0) is 55.5. The number of carbonyl (C=O) groups excluding carboxylic acids is 3. The van der Waals surface area contributed by atoms with E-state index in [-0.39, 0.29) is 0 Å². The molecule has 30 atom stereocenters. The summed E-state index contributed by atoms with van der Waals surface area (Å²) in [6.45, 7) is -0.0948. The summed E-state index contributed by atoms with van der Waals surface area (Å²) in [4.78, 5) is 36.9. The zero-order valence-corrected chi connectivity index (χ0v) is 40.7. The van der Waals surface area contributed by atoms with Crippen molar-refractivity contribution >= 4 is 17.7 Å². The number of aliphatic hydroxyl groups excluding tert-OH is 16. The Labute approximate surface area is 426 Å². The molecule has 0 saturated carbocycles. The highest BCUT2D eigenvalue weighted by atomic mass is 16.8. The molecule has 0 aromatic carbocycles. The Morgan fingerprint density at radius 1 is 0.373 bits per heavy atom. The molecule has 0 aromatic rings. The van der Waals surface area contributed by atoms with E-state index in [0.717, 1.165) is 20.8 Å². The minimum atomic E-state index is -2.16. The van der Waals surface area contributed by atoms with E-state index in [4.69, 9.17) is 52.1 Å². The molecule has 19 N–H and O–H groups in total. The van der Waals surface area contributed by atoms with Gasteiger partial charge in [-0.3, -0.25) is 14.4 Å². The van der Waals surface area contributed by atoms with Crippen LogP contribution in [-0.4, -0.2) is 317 Å². The minimum Gasteiger partial charge on any atom is -0.394 e. The third-order valence-electron chi connectivity index (χ3n) is 13.6. The molecule has 75 heavy (non-hydrogen) atoms. The van der Waals surface area contributed by atoms with E-state index < -0.39 is 235 Å². The highest BCUT2D eigenvalue weighted by molar-refractivity contribution is 5.74. The lowest BCUT2D eigenvalue weighted by Crippen LogP contribution is -2.70. The van der Waals surface area contributed by atoms with Crippen LogP contribution in [0.1, 0.15) is 27.7 Å². The van der Waals surface area contributed by atoms with Gasteiger partial charge in [0.15, 0.2) is 37.7 Å². The predicted octanol–water partition coefficient (Wildman–Crippen LogP) is -12.6. The molecule has 0 bridgehead atoms. The molecule has 0 aromatic heterocycles. The van der Waals surface area contributed by atoms with E-state index in [2.05, 4.69) is 16.0 Å². The molecule has 1 unspecified atom stereocenters. The third kappa shape index (κ3) is 13.7.